The van der Waals surface area contributed by atoms with Gasteiger partial charge in [-0.15, -0.1) is 10.2 Å². The Kier molecular flexibility index (Phi) is 8.68. The lowest BCUT2D eigenvalue weighted by Crippen LogP contribution is -2.58. The average molecular weight is 542 g/mol. The quantitative estimate of drug-likeness (QED) is 0.451. The summed E-state index contributed by atoms with van der Waals surface area (Å²) < 4.78 is 5.54. The van der Waals surface area contributed by atoms with Crippen LogP contribution in [0.15, 0.2) is 48.7 Å². The van der Waals surface area contributed by atoms with E-state index in [1.165, 1.54) is 0 Å². The second-order valence-electron chi connectivity index (χ2n) is 10.7. The number of benzene rings is 1. The molecule has 2 fully saturated rings. The van der Waals surface area contributed by atoms with Gasteiger partial charge in [0.05, 0.1) is 31.1 Å². The Hall–Kier alpha value is -3.87. The van der Waals surface area contributed by atoms with E-state index in [4.69, 9.17) is 10.5 Å². The van der Waals surface area contributed by atoms with Crippen LogP contribution in [0, 0.1) is 11.8 Å². The lowest BCUT2D eigenvalue weighted by Gasteiger charge is -2.48. The molecule has 2 aliphatic rings. The van der Waals surface area contributed by atoms with Gasteiger partial charge in [-0.25, -0.2) is 4.98 Å². The minimum atomic E-state index is 0.172. The first-order valence-electron chi connectivity index (χ1n) is 14.2. The average Bonchev–Trinajstić information content (AvgIpc) is 2.95. The number of hydrogen-bond acceptors (Lipinski definition) is 9. The third kappa shape index (κ3) is 6.14. The third-order valence-corrected chi connectivity index (χ3v) is 7.77. The molecule has 0 amide bonds. The summed E-state index contributed by atoms with van der Waals surface area (Å²) in [6.45, 7) is 11.4. The normalized spacial score (nSPS) is 21.6. The standard InChI is InChI=1S/C31H39N7O2/c1-4-8-26-20-37(29-18-28(34-35-31(29)32)27-10-5-6-11-30(27)39)19-22(2)38(26)25-12-13-33-24(17-25)9-7-14-36-15-16-40-21-23(36)3/h5-6,10-13,17-18,22-23,26,39H,4,8,14-16,19-21H2,1-3H3,(H2,32,35). The molecule has 0 aliphatic carbocycles. The zero-order chi connectivity index (χ0) is 28.1. The summed E-state index contributed by atoms with van der Waals surface area (Å²) in [5.74, 6) is 7.18. The molecular weight excluding hydrogens is 502 g/mol. The maximum absolute atomic E-state index is 10.4. The molecule has 5 rings (SSSR count). The van der Waals surface area contributed by atoms with Crippen LogP contribution in [-0.2, 0) is 4.74 Å². The maximum atomic E-state index is 10.4. The van der Waals surface area contributed by atoms with Gasteiger partial charge in [-0.3, -0.25) is 4.90 Å². The number of piperazine rings is 1. The van der Waals surface area contributed by atoms with Crippen molar-refractivity contribution in [2.45, 2.75) is 51.7 Å². The van der Waals surface area contributed by atoms with Gasteiger partial charge in [-0.1, -0.05) is 31.4 Å². The second-order valence-corrected chi connectivity index (χ2v) is 10.7. The summed E-state index contributed by atoms with van der Waals surface area (Å²) in [6, 6.07) is 14.2. The highest BCUT2D eigenvalue weighted by molar-refractivity contribution is 5.74. The number of morpholine rings is 1. The fourth-order valence-electron chi connectivity index (χ4n) is 5.75. The summed E-state index contributed by atoms with van der Waals surface area (Å²) in [4.78, 5) is 11.7. The molecule has 40 heavy (non-hydrogen) atoms. The molecule has 9 heteroatoms. The van der Waals surface area contributed by atoms with E-state index in [0.717, 1.165) is 62.8 Å². The number of phenols is 1. The predicted molar refractivity (Wildman–Crippen MR) is 159 cm³/mol. The van der Waals surface area contributed by atoms with Crippen LogP contribution in [0.1, 0.15) is 39.3 Å². The van der Waals surface area contributed by atoms with E-state index < -0.39 is 0 Å². The molecule has 0 bridgehead atoms. The Balaban J connectivity index is 1.36. The number of rotatable bonds is 6. The van der Waals surface area contributed by atoms with Crippen molar-refractivity contribution in [1.82, 2.24) is 20.1 Å². The first-order chi connectivity index (χ1) is 19.4. The lowest BCUT2D eigenvalue weighted by molar-refractivity contribution is 0.00654. The first-order valence-corrected chi connectivity index (χ1v) is 14.2. The monoisotopic (exact) mass is 541 g/mol. The van der Waals surface area contributed by atoms with Gasteiger partial charge >= 0.3 is 0 Å². The fourth-order valence-corrected chi connectivity index (χ4v) is 5.75. The predicted octanol–water partition coefficient (Wildman–Crippen LogP) is 3.78. The number of phenolic OH excluding ortho intramolecular Hbond substituents is 1. The van der Waals surface area contributed by atoms with Crippen molar-refractivity contribution in [3.8, 4) is 28.8 Å². The summed E-state index contributed by atoms with van der Waals surface area (Å²) in [7, 11) is 0. The van der Waals surface area contributed by atoms with Crippen molar-refractivity contribution in [3.05, 3.63) is 54.4 Å². The van der Waals surface area contributed by atoms with Gasteiger partial charge in [0.15, 0.2) is 5.82 Å². The number of nitrogens with zero attached hydrogens (tertiary/aromatic N) is 6. The molecule has 2 aliphatic heterocycles. The summed E-state index contributed by atoms with van der Waals surface area (Å²) in [5.41, 5.74) is 10.4. The third-order valence-electron chi connectivity index (χ3n) is 7.77. The maximum Gasteiger partial charge on any atom is 0.169 e. The molecule has 2 saturated heterocycles. The smallest absolute Gasteiger partial charge is 0.169 e. The van der Waals surface area contributed by atoms with Crippen LogP contribution < -0.4 is 15.5 Å². The Morgan fingerprint density at radius 3 is 2.75 bits per heavy atom. The van der Waals surface area contributed by atoms with Crippen LogP contribution in [0.2, 0.25) is 0 Å². The van der Waals surface area contributed by atoms with Gasteiger partial charge in [0.25, 0.3) is 0 Å². The van der Waals surface area contributed by atoms with Crippen LogP contribution in [0.3, 0.4) is 0 Å². The molecule has 3 N–H and O–H groups in total. The zero-order valence-electron chi connectivity index (χ0n) is 23.6. The van der Waals surface area contributed by atoms with Crippen LogP contribution in [-0.4, -0.2) is 82.7 Å². The molecule has 210 valence electrons. The molecule has 9 nitrogen and oxygen atoms in total. The van der Waals surface area contributed by atoms with E-state index in [2.05, 4.69) is 74.6 Å². The lowest BCUT2D eigenvalue weighted by atomic mass is 10.0. The number of nitrogen functional groups attached to an aromatic ring is 1. The van der Waals surface area contributed by atoms with E-state index in [-0.39, 0.29) is 17.8 Å². The molecule has 4 heterocycles. The highest BCUT2D eigenvalue weighted by Gasteiger charge is 2.33. The Morgan fingerprint density at radius 1 is 1.10 bits per heavy atom. The number of nitrogens with two attached hydrogens (primary N) is 1. The Morgan fingerprint density at radius 2 is 1.95 bits per heavy atom. The molecule has 0 radical (unpaired) electrons. The zero-order valence-corrected chi connectivity index (χ0v) is 23.6. The largest absolute Gasteiger partial charge is 0.507 e. The Labute approximate surface area is 237 Å². The minimum Gasteiger partial charge on any atom is -0.507 e. The fraction of sp³-hybridized carbons (Fsp3) is 0.452. The summed E-state index contributed by atoms with van der Waals surface area (Å²) in [5, 5.41) is 18.9. The first kappa shape index (κ1) is 27.7. The second kappa shape index (κ2) is 12.5. The van der Waals surface area contributed by atoms with Crippen molar-refractivity contribution < 1.29 is 9.84 Å². The number of para-hydroxylation sites is 1. The number of pyridine rings is 1. The summed E-state index contributed by atoms with van der Waals surface area (Å²) in [6.07, 6.45) is 3.95. The minimum absolute atomic E-state index is 0.172. The Bertz CT molecular complexity index is 1370. The molecule has 0 saturated carbocycles. The molecule has 3 aromatic rings. The number of hydrogen-bond donors (Lipinski definition) is 2. The number of aromatic hydroxyl groups is 1. The highest BCUT2D eigenvalue weighted by atomic mass is 16.5. The van der Waals surface area contributed by atoms with Crippen LogP contribution >= 0.6 is 0 Å². The molecule has 0 spiro atoms. The molecule has 3 unspecified atom stereocenters. The van der Waals surface area contributed by atoms with Gasteiger partial charge in [-0.05, 0) is 56.5 Å². The van der Waals surface area contributed by atoms with Crippen molar-refractivity contribution in [1.29, 1.82) is 0 Å². The van der Waals surface area contributed by atoms with E-state index in [1.54, 1.807) is 12.1 Å². The van der Waals surface area contributed by atoms with E-state index >= 15 is 0 Å². The number of ether oxygens (including phenoxy) is 1. The molecule has 1 aromatic carbocycles. The SMILES string of the molecule is CCCC1CN(c2cc(-c3ccccc3O)nnc2N)CC(C)N1c1ccnc(C#CCN2CCOCC2C)c1. The van der Waals surface area contributed by atoms with E-state index in [9.17, 15) is 5.11 Å². The van der Waals surface area contributed by atoms with Crippen molar-refractivity contribution >= 4 is 17.2 Å². The molecule has 3 atom stereocenters. The van der Waals surface area contributed by atoms with Gasteiger partial charge in [0, 0.05) is 55.2 Å². The van der Waals surface area contributed by atoms with Crippen molar-refractivity contribution in [3.63, 3.8) is 0 Å². The van der Waals surface area contributed by atoms with Crippen molar-refractivity contribution in [2.75, 3.05) is 54.9 Å². The van der Waals surface area contributed by atoms with E-state index in [0.29, 0.717) is 29.7 Å². The van der Waals surface area contributed by atoms with Gasteiger partial charge in [-0.2, -0.15) is 0 Å². The van der Waals surface area contributed by atoms with Crippen LogP contribution in [0.5, 0.6) is 5.75 Å². The van der Waals surface area contributed by atoms with E-state index in [1.807, 2.05) is 24.4 Å². The van der Waals surface area contributed by atoms with Crippen molar-refractivity contribution in [2.24, 2.45) is 0 Å². The molecule has 2 aromatic heterocycles. The number of aromatic nitrogens is 3. The molecular formula is C31H39N7O2. The van der Waals surface area contributed by atoms with Gasteiger partial charge in [0.2, 0.25) is 0 Å². The highest BCUT2D eigenvalue weighted by Crippen LogP contribution is 2.34. The number of anilines is 3. The topological polar surface area (TPSA) is 104 Å². The van der Waals surface area contributed by atoms with Gasteiger partial charge in [0.1, 0.15) is 11.4 Å². The summed E-state index contributed by atoms with van der Waals surface area (Å²) >= 11 is 0. The van der Waals surface area contributed by atoms with Crippen LogP contribution in [0.25, 0.3) is 11.3 Å². The van der Waals surface area contributed by atoms with Crippen LogP contribution in [0.4, 0.5) is 17.2 Å². The van der Waals surface area contributed by atoms with Gasteiger partial charge < -0.3 is 25.4 Å².